The second-order valence-electron chi connectivity index (χ2n) is 5.56. The minimum Gasteiger partial charge on any atom is -0.373 e. The van der Waals surface area contributed by atoms with Crippen molar-refractivity contribution in [3.63, 3.8) is 0 Å². The average Bonchev–Trinajstić information content (AvgIpc) is 2.67. The second kappa shape index (κ2) is 7.42. The smallest absolute Gasteiger partial charge is 0.205 e. The zero-order valence-corrected chi connectivity index (χ0v) is 13.3. The van der Waals surface area contributed by atoms with Gasteiger partial charge in [0.1, 0.15) is 17.5 Å². The number of nitrogens with zero attached hydrogens (tertiary/aromatic N) is 4. The Kier molecular flexibility index (Phi) is 4.87. The van der Waals surface area contributed by atoms with E-state index in [0.717, 1.165) is 32.0 Å². The molecule has 1 aliphatic heterocycles. The number of ketones is 1. The van der Waals surface area contributed by atoms with Crippen molar-refractivity contribution < 1.29 is 4.79 Å². The summed E-state index contributed by atoms with van der Waals surface area (Å²) in [4.78, 5) is 21.0. The monoisotopic (exact) mass is 318 g/mol. The van der Waals surface area contributed by atoms with Crippen molar-refractivity contribution in [3.05, 3.63) is 72.1 Å². The third kappa shape index (κ3) is 3.61. The third-order valence-electron chi connectivity index (χ3n) is 4.00. The first kappa shape index (κ1) is 15.8. The topological polar surface area (TPSA) is 60.2 Å². The van der Waals surface area contributed by atoms with Crippen LogP contribution in [0.4, 0.5) is 5.82 Å². The van der Waals surface area contributed by atoms with Gasteiger partial charge in [-0.15, -0.1) is 0 Å². The van der Waals surface area contributed by atoms with E-state index in [2.05, 4.69) is 9.88 Å². The molecule has 0 radical (unpaired) electrons. The van der Waals surface area contributed by atoms with Gasteiger partial charge in [0.25, 0.3) is 0 Å². The lowest BCUT2D eigenvalue weighted by Crippen LogP contribution is -2.44. The Balaban J connectivity index is 1.66. The number of carbonyl (C=O) groups excluding carboxylic acids is 1. The lowest BCUT2D eigenvalue weighted by atomic mass is 10.1. The fraction of sp³-hybridized carbons (Fsp3) is 0.211. The molecule has 0 atom stereocenters. The number of anilines is 1. The van der Waals surface area contributed by atoms with E-state index in [0.29, 0.717) is 5.56 Å². The molecule has 0 bridgehead atoms. The van der Waals surface area contributed by atoms with Crippen molar-refractivity contribution in [1.29, 1.82) is 5.26 Å². The van der Waals surface area contributed by atoms with Crippen molar-refractivity contribution in [1.82, 2.24) is 9.88 Å². The summed E-state index contributed by atoms with van der Waals surface area (Å²) in [6.45, 7) is 3.13. The lowest BCUT2D eigenvalue weighted by Gasteiger charge is -2.34. The van der Waals surface area contributed by atoms with Crippen LogP contribution in [-0.2, 0) is 0 Å². The first-order valence-electron chi connectivity index (χ1n) is 7.89. The number of allylic oxidation sites excluding steroid dienone is 1. The zero-order chi connectivity index (χ0) is 16.8. The zero-order valence-electron chi connectivity index (χ0n) is 13.3. The van der Waals surface area contributed by atoms with Crippen LogP contribution in [0.15, 0.2) is 66.5 Å². The summed E-state index contributed by atoms with van der Waals surface area (Å²) in [5, 5.41) is 9.33. The molecule has 3 rings (SSSR count). The second-order valence-corrected chi connectivity index (χ2v) is 5.56. The Morgan fingerprint density at radius 1 is 1.04 bits per heavy atom. The molecule has 1 aromatic heterocycles. The fourth-order valence-corrected chi connectivity index (χ4v) is 2.69. The highest BCUT2D eigenvalue weighted by Crippen LogP contribution is 2.14. The number of hydrogen-bond acceptors (Lipinski definition) is 5. The summed E-state index contributed by atoms with van der Waals surface area (Å²) in [6.07, 6.45) is 3.47. The highest BCUT2D eigenvalue weighted by Gasteiger charge is 2.18. The number of piperazine rings is 1. The fourth-order valence-electron chi connectivity index (χ4n) is 2.69. The van der Waals surface area contributed by atoms with E-state index < -0.39 is 0 Å². The standard InChI is InChI=1S/C19H18N4O/c20-14-17(19(24)16-6-2-1-3-7-16)15-22-10-12-23(13-11-22)18-8-4-5-9-21-18/h1-9,15H,10-13H2/b17-15-. The van der Waals surface area contributed by atoms with Crippen molar-refractivity contribution >= 4 is 11.6 Å². The average molecular weight is 318 g/mol. The SMILES string of the molecule is N#C/C(=C/N1CCN(c2ccccn2)CC1)C(=O)c1ccccc1. The van der Waals surface area contributed by atoms with Crippen LogP contribution in [0.25, 0.3) is 0 Å². The van der Waals surface area contributed by atoms with Gasteiger partial charge in [-0.2, -0.15) is 5.26 Å². The largest absolute Gasteiger partial charge is 0.373 e. The minimum atomic E-state index is -0.231. The van der Waals surface area contributed by atoms with Gasteiger partial charge in [-0.25, -0.2) is 4.98 Å². The van der Waals surface area contributed by atoms with E-state index in [1.807, 2.05) is 35.2 Å². The predicted octanol–water partition coefficient (Wildman–Crippen LogP) is 2.49. The predicted molar refractivity (Wildman–Crippen MR) is 92.5 cm³/mol. The first-order valence-corrected chi connectivity index (χ1v) is 7.89. The summed E-state index contributed by atoms with van der Waals surface area (Å²) < 4.78 is 0. The molecule has 2 heterocycles. The number of rotatable bonds is 4. The molecule has 2 aromatic rings. The summed E-state index contributed by atoms with van der Waals surface area (Å²) in [6, 6.07) is 16.8. The number of benzene rings is 1. The normalized spacial score (nSPS) is 15.0. The molecule has 0 saturated carbocycles. The highest BCUT2D eigenvalue weighted by atomic mass is 16.1. The summed E-state index contributed by atoms with van der Waals surface area (Å²) in [5.41, 5.74) is 0.713. The summed E-state index contributed by atoms with van der Waals surface area (Å²) >= 11 is 0. The number of carbonyl (C=O) groups is 1. The van der Waals surface area contributed by atoms with Gasteiger partial charge in [-0.05, 0) is 12.1 Å². The van der Waals surface area contributed by atoms with Crippen LogP contribution >= 0.6 is 0 Å². The third-order valence-corrected chi connectivity index (χ3v) is 4.00. The Morgan fingerprint density at radius 3 is 2.38 bits per heavy atom. The molecule has 1 saturated heterocycles. The van der Waals surface area contributed by atoms with Crippen LogP contribution in [0.3, 0.4) is 0 Å². The molecule has 24 heavy (non-hydrogen) atoms. The number of pyridine rings is 1. The lowest BCUT2D eigenvalue weighted by molar-refractivity contribution is 0.103. The molecule has 0 N–H and O–H groups in total. The van der Waals surface area contributed by atoms with Crippen LogP contribution < -0.4 is 4.90 Å². The van der Waals surface area contributed by atoms with Crippen molar-refractivity contribution in [3.8, 4) is 6.07 Å². The van der Waals surface area contributed by atoms with Crippen molar-refractivity contribution in [2.24, 2.45) is 0 Å². The quantitative estimate of drug-likeness (QED) is 0.492. The Bertz CT molecular complexity index is 757. The maximum atomic E-state index is 12.4. The van der Waals surface area contributed by atoms with E-state index in [1.54, 1.807) is 36.7 Å². The van der Waals surface area contributed by atoms with Gasteiger partial charge < -0.3 is 9.80 Å². The van der Waals surface area contributed by atoms with E-state index >= 15 is 0 Å². The maximum absolute atomic E-state index is 12.4. The van der Waals surface area contributed by atoms with E-state index in [9.17, 15) is 10.1 Å². The van der Waals surface area contributed by atoms with Crippen LogP contribution in [0.5, 0.6) is 0 Å². The van der Waals surface area contributed by atoms with Gasteiger partial charge in [-0.1, -0.05) is 36.4 Å². The molecule has 1 fully saturated rings. The molecule has 5 nitrogen and oxygen atoms in total. The van der Waals surface area contributed by atoms with Gasteiger partial charge in [0.15, 0.2) is 0 Å². The van der Waals surface area contributed by atoms with Gasteiger partial charge in [0, 0.05) is 44.1 Å². The van der Waals surface area contributed by atoms with E-state index in [-0.39, 0.29) is 11.4 Å². The molecule has 120 valence electrons. The van der Waals surface area contributed by atoms with Crippen LogP contribution in [0, 0.1) is 11.3 Å². The Labute approximate surface area is 141 Å². The number of Topliss-reactive ketones (excluding diaryl/α,β-unsaturated/α-hetero) is 1. The van der Waals surface area contributed by atoms with Crippen LogP contribution in [-0.4, -0.2) is 41.8 Å². The molecule has 5 heteroatoms. The first-order chi connectivity index (χ1) is 11.8. The minimum absolute atomic E-state index is 0.174. The molecular formula is C19H18N4O. The van der Waals surface area contributed by atoms with Gasteiger partial charge in [0.05, 0.1) is 0 Å². The van der Waals surface area contributed by atoms with E-state index in [1.165, 1.54) is 0 Å². The van der Waals surface area contributed by atoms with E-state index in [4.69, 9.17) is 0 Å². The molecule has 1 aromatic carbocycles. The molecule has 0 aliphatic carbocycles. The summed E-state index contributed by atoms with van der Waals surface area (Å²) in [7, 11) is 0. The van der Waals surface area contributed by atoms with Gasteiger partial charge in [-0.3, -0.25) is 4.79 Å². The Hall–Kier alpha value is -3.13. The molecular weight excluding hydrogens is 300 g/mol. The highest BCUT2D eigenvalue weighted by molar-refractivity contribution is 6.11. The number of nitriles is 1. The molecule has 0 amide bonds. The van der Waals surface area contributed by atoms with Gasteiger partial charge in [0.2, 0.25) is 5.78 Å². The maximum Gasteiger partial charge on any atom is 0.205 e. The number of aromatic nitrogens is 1. The van der Waals surface area contributed by atoms with Crippen molar-refractivity contribution in [2.45, 2.75) is 0 Å². The van der Waals surface area contributed by atoms with Crippen LogP contribution in [0.2, 0.25) is 0 Å². The molecule has 1 aliphatic rings. The Morgan fingerprint density at radius 2 is 1.75 bits per heavy atom. The van der Waals surface area contributed by atoms with Crippen molar-refractivity contribution in [2.75, 3.05) is 31.1 Å². The number of hydrogen-bond donors (Lipinski definition) is 0. The summed E-state index contributed by atoms with van der Waals surface area (Å²) in [5.74, 6) is 0.729. The van der Waals surface area contributed by atoms with Gasteiger partial charge >= 0.3 is 0 Å². The molecule has 0 spiro atoms. The van der Waals surface area contributed by atoms with Crippen LogP contribution in [0.1, 0.15) is 10.4 Å². The molecule has 0 unspecified atom stereocenters.